The lowest BCUT2D eigenvalue weighted by Gasteiger charge is -2.55. The standard InChI is InChI=1S/C16H18N6O5S4/c1-8(30-15-17-19-20-18-15)16(14(25)26)6-21-12(24)11(13(21)29-7-16)22(9(2)23)31(27)10-4-3-5-28-10/h3-5,8,11,13H,6-7H2,1-2H3,(H,25,26)(H,17,18,19,20)/t8?,11?,13-,16?,31?/m1/s1. The molecule has 2 amide bonds. The van der Waals surface area contributed by atoms with Crippen LogP contribution in [0.3, 0.4) is 0 Å². The summed E-state index contributed by atoms with van der Waals surface area (Å²) >= 11 is 1.92. The van der Waals surface area contributed by atoms with E-state index in [-0.39, 0.29) is 12.3 Å². The van der Waals surface area contributed by atoms with Gasteiger partial charge in [0.05, 0.1) is 0 Å². The Balaban J connectivity index is 1.54. The Morgan fingerprint density at radius 2 is 2.32 bits per heavy atom. The molecule has 0 radical (unpaired) electrons. The van der Waals surface area contributed by atoms with E-state index in [1.165, 1.54) is 46.7 Å². The van der Waals surface area contributed by atoms with E-state index in [2.05, 4.69) is 20.6 Å². The molecule has 2 aliphatic heterocycles. The van der Waals surface area contributed by atoms with Crippen LogP contribution in [0.5, 0.6) is 0 Å². The molecular weight excluding hydrogens is 484 g/mol. The van der Waals surface area contributed by atoms with Crippen molar-refractivity contribution in [3.63, 3.8) is 0 Å². The molecule has 2 aliphatic rings. The second kappa shape index (κ2) is 8.61. The van der Waals surface area contributed by atoms with Crippen LogP contribution in [-0.4, -0.2) is 86.2 Å². The number of thioether (sulfide) groups is 2. The number of β-lactam (4-membered cyclic amide) rings is 1. The lowest BCUT2D eigenvalue weighted by atomic mass is 9.84. The third-order valence-corrected chi connectivity index (χ3v) is 10.7. The molecule has 2 saturated heterocycles. The second-order valence-corrected chi connectivity index (χ2v) is 12.0. The van der Waals surface area contributed by atoms with Crippen LogP contribution in [0, 0.1) is 5.41 Å². The molecule has 31 heavy (non-hydrogen) atoms. The van der Waals surface area contributed by atoms with Crippen molar-refractivity contribution in [2.75, 3.05) is 12.3 Å². The maximum atomic E-state index is 13.0. The summed E-state index contributed by atoms with van der Waals surface area (Å²) in [6.45, 7) is 3.03. The monoisotopic (exact) mass is 502 g/mol. The van der Waals surface area contributed by atoms with Gasteiger partial charge in [0.1, 0.15) is 22.2 Å². The van der Waals surface area contributed by atoms with Gasteiger partial charge >= 0.3 is 5.97 Å². The van der Waals surface area contributed by atoms with Crippen LogP contribution in [0.2, 0.25) is 0 Å². The normalized spacial score (nSPS) is 27.2. The molecular formula is C16H18N6O5S4. The summed E-state index contributed by atoms with van der Waals surface area (Å²) < 4.78 is 14.5. The smallest absolute Gasteiger partial charge is 0.313 e. The van der Waals surface area contributed by atoms with Crippen molar-refractivity contribution in [2.24, 2.45) is 5.41 Å². The largest absolute Gasteiger partial charge is 0.587 e. The third-order valence-electron chi connectivity index (χ3n) is 5.30. The molecule has 0 spiro atoms. The Bertz CT molecular complexity index is 975. The predicted molar refractivity (Wildman–Crippen MR) is 115 cm³/mol. The summed E-state index contributed by atoms with van der Waals surface area (Å²) in [5.74, 6) is -1.67. The molecule has 15 heteroatoms. The van der Waals surface area contributed by atoms with Crippen LogP contribution in [0.1, 0.15) is 13.8 Å². The number of amides is 2. The Labute approximate surface area is 192 Å². The van der Waals surface area contributed by atoms with Gasteiger partial charge in [0, 0.05) is 30.5 Å². The Kier molecular flexibility index (Phi) is 6.22. The van der Waals surface area contributed by atoms with Gasteiger partial charge < -0.3 is 14.6 Å². The van der Waals surface area contributed by atoms with Gasteiger partial charge in [-0.2, -0.15) is 0 Å². The van der Waals surface area contributed by atoms with Gasteiger partial charge in [0.15, 0.2) is 6.04 Å². The Morgan fingerprint density at radius 3 is 2.90 bits per heavy atom. The summed E-state index contributed by atoms with van der Waals surface area (Å²) in [6.07, 6.45) is 0. The minimum atomic E-state index is -1.80. The number of carboxylic acids is 1. The van der Waals surface area contributed by atoms with E-state index < -0.39 is 51.2 Å². The highest BCUT2D eigenvalue weighted by molar-refractivity contribution is 8.01. The number of nitrogens with zero attached hydrogens (tertiary/aromatic N) is 5. The maximum Gasteiger partial charge on any atom is 0.313 e. The fourth-order valence-electron chi connectivity index (χ4n) is 3.56. The number of fused-ring (bicyclic) bond motifs is 1. The van der Waals surface area contributed by atoms with E-state index in [4.69, 9.17) is 0 Å². The molecule has 2 N–H and O–H groups in total. The molecule has 0 aromatic carbocycles. The number of nitrogens with one attached hydrogen (secondary N) is 1. The van der Waals surface area contributed by atoms with Crippen LogP contribution in [0.25, 0.3) is 0 Å². The first-order valence-corrected chi connectivity index (χ1v) is 13.0. The van der Waals surface area contributed by atoms with E-state index in [1.807, 2.05) is 0 Å². The highest BCUT2D eigenvalue weighted by Gasteiger charge is 2.63. The quantitative estimate of drug-likeness (QED) is 0.313. The van der Waals surface area contributed by atoms with E-state index in [1.54, 1.807) is 24.4 Å². The van der Waals surface area contributed by atoms with Crippen LogP contribution in [0.4, 0.5) is 0 Å². The van der Waals surface area contributed by atoms with Crippen LogP contribution < -0.4 is 0 Å². The maximum absolute atomic E-state index is 13.0. The molecule has 4 heterocycles. The number of carbonyl (C=O) groups is 3. The number of aromatic nitrogens is 4. The molecule has 2 aromatic rings. The summed E-state index contributed by atoms with van der Waals surface area (Å²) in [6, 6.07) is 2.49. The summed E-state index contributed by atoms with van der Waals surface area (Å²) in [5, 5.41) is 24.7. The lowest BCUT2D eigenvalue weighted by molar-refractivity contribution is -0.162. The number of rotatable bonds is 7. The van der Waals surface area contributed by atoms with Crippen molar-refractivity contribution in [3.8, 4) is 0 Å². The summed E-state index contributed by atoms with van der Waals surface area (Å²) in [7, 11) is 0. The van der Waals surface area contributed by atoms with E-state index >= 15 is 0 Å². The number of H-pyrrole nitrogens is 1. The van der Waals surface area contributed by atoms with Crippen molar-refractivity contribution in [1.82, 2.24) is 29.8 Å². The van der Waals surface area contributed by atoms with Crippen LogP contribution in [-0.2, 0) is 25.7 Å². The van der Waals surface area contributed by atoms with Crippen LogP contribution in [0.15, 0.2) is 26.9 Å². The van der Waals surface area contributed by atoms with Gasteiger partial charge in [-0.15, -0.1) is 21.2 Å². The molecule has 5 atom stereocenters. The van der Waals surface area contributed by atoms with Crippen molar-refractivity contribution >= 4 is 64.0 Å². The molecule has 11 nitrogen and oxygen atoms in total. The molecule has 166 valence electrons. The highest BCUT2D eigenvalue weighted by atomic mass is 32.2. The van der Waals surface area contributed by atoms with Crippen molar-refractivity contribution < 1.29 is 24.0 Å². The minimum Gasteiger partial charge on any atom is -0.587 e. The highest BCUT2D eigenvalue weighted by Crippen LogP contribution is 2.49. The number of carbonyl (C=O) groups excluding carboxylic acids is 2. The predicted octanol–water partition coefficient (Wildman–Crippen LogP) is 0.668. The van der Waals surface area contributed by atoms with E-state index in [0.717, 1.165) is 4.31 Å². The molecule has 0 aliphatic carbocycles. The van der Waals surface area contributed by atoms with Gasteiger partial charge in [-0.3, -0.25) is 14.4 Å². The molecule has 2 fully saturated rings. The number of aromatic amines is 1. The van der Waals surface area contributed by atoms with Gasteiger partial charge in [-0.05, 0) is 21.9 Å². The van der Waals surface area contributed by atoms with Crippen molar-refractivity contribution in [3.05, 3.63) is 17.5 Å². The summed E-state index contributed by atoms with van der Waals surface area (Å²) in [4.78, 5) is 39.1. The third kappa shape index (κ3) is 3.82. The number of carboxylic acid groups (broad SMARTS) is 1. The SMILES string of the molecule is CC(=O)N(C1C(=O)N2CC(C(=O)O)(C(C)Sc3nnn[nH]3)CS[C@H]12)[S+]([O-])c1cccs1. The fraction of sp³-hybridized carbons (Fsp3) is 0.500. The lowest BCUT2D eigenvalue weighted by Crippen LogP contribution is -2.75. The average molecular weight is 503 g/mol. The average Bonchev–Trinajstić information content (AvgIpc) is 3.44. The molecule has 4 rings (SSSR count). The first-order valence-electron chi connectivity index (χ1n) is 9.07. The van der Waals surface area contributed by atoms with E-state index in [0.29, 0.717) is 9.37 Å². The number of aliphatic carboxylic acids is 1. The molecule has 0 saturated carbocycles. The van der Waals surface area contributed by atoms with Crippen LogP contribution >= 0.6 is 34.9 Å². The molecule has 2 aromatic heterocycles. The first-order chi connectivity index (χ1) is 14.8. The zero-order valence-corrected chi connectivity index (χ0v) is 19.6. The molecule has 0 bridgehead atoms. The Hall–Kier alpha value is -1.81. The Morgan fingerprint density at radius 1 is 1.55 bits per heavy atom. The number of thiophene rings is 1. The van der Waals surface area contributed by atoms with Gasteiger partial charge in [-0.1, -0.05) is 30.0 Å². The first kappa shape index (κ1) is 22.4. The van der Waals surface area contributed by atoms with Crippen molar-refractivity contribution in [2.45, 2.75) is 39.9 Å². The minimum absolute atomic E-state index is 0.0115. The number of hydrogen-bond donors (Lipinski definition) is 2. The zero-order chi connectivity index (χ0) is 22.3. The number of hydrogen-bond acceptors (Lipinski definition) is 10. The van der Waals surface area contributed by atoms with E-state index in [9.17, 15) is 24.0 Å². The topological polar surface area (TPSA) is 155 Å². The number of tetrazole rings is 1. The second-order valence-electron chi connectivity index (χ2n) is 7.07. The fourth-order valence-corrected chi connectivity index (χ4v) is 8.67. The zero-order valence-electron chi connectivity index (χ0n) is 16.3. The van der Waals surface area contributed by atoms with Crippen molar-refractivity contribution in [1.29, 1.82) is 0 Å². The van der Waals surface area contributed by atoms with Gasteiger partial charge in [0.2, 0.25) is 9.37 Å². The summed E-state index contributed by atoms with van der Waals surface area (Å²) in [5.41, 5.74) is -1.23. The van der Waals surface area contributed by atoms with Gasteiger partial charge in [-0.25, -0.2) is 5.10 Å². The molecule has 4 unspecified atom stereocenters. The van der Waals surface area contributed by atoms with Gasteiger partial charge in [0.25, 0.3) is 11.8 Å².